The lowest BCUT2D eigenvalue weighted by Crippen LogP contribution is -2.28. The number of hydrogen-bond acceptors (Lipinski definition) is 2. The predicted octanol–water partition coefficient (Wildman–Crippen LogP) is 4.61. The Labute approximate surface area is 152 Å². The number of nitrogens with one attached hydrogen (secondary N) is 3. The van der Waals surface area contributed by atoms with Crippen LogP contribution in [0.5, 0.6) is 0 Å². The smallest absolute Gasteiger partial charge is 0.319 e. The number of urea groups is 1. The number of anilines is 1. The third-order valence-electron chi connectivity index (χ3n) is 3.63. The van der Waals surface area contributed by atoms with Gasteiger partial charge in [0.2, 0.25) is 0 Å². The van der Waals surface area contributed by atoms with Crippen molar-refractivity contribution >= 4 is 27.6 Å². The van der Waals surface area contributed by atoms with Crippen LogP contribution in [0.25, 0.3) is 11.3 Å². The summed E-state index contributed by atoms with van der Waals surface area (Å²) in [5, 5.41) is 12.7. The van der Waals surface area contributed by atoms with Crippen molar-refractivity contribution in [1.82, 2.24) is 15.5 Å². The van der Waals surface area contributed by atoms with Gasteiger partial charge in [-0.15, -0.1) is 0 Å². The Morgan fingerprint density at radius 2 is 2.00 bits per heavy atom. The molecule has 0 spiro atoms. The second kappa shape index (κ2) is 7.48. The molecule has 2 aromatic carbocycles. The Hall–Kier alpha value is -2.67. The molecule has 0 radical (unpaired) electrons. The van der Waals surface area contributed by atoms with Crippen molar-refractivity contribution < 1.29 is 9.18 Å². The van der Waals surface area contributed by atoms with Gasteiger partial charge in [-0.05, 0) is 52.7 Å². The van der Waals surface area contributed by atoms with Crippen LogP contribution in [0.1, 0.15) is 11.3 Å². The molecule has 0 bridgehead atoms. The quantitative estimate of drug-likeness (QED) is 0.596. The maximum Gasteiger partial charge on any atom is 0.319 e. The molecular formula is C18H16BrFN4O. The number of amides is 2. The third kappa shape index (κ3) is 4.24. The van der Waals surface area contributed by atoms with Gasteiger partial charge in [-0.3, -0.25) is 5.10 Å². The van der Waals surface area contributed by atoms with Crippen LogP contribution >= 0.6 is 15.9 Å². The van der Waals surface area contributed by atoms with Gasteiger partial charge in [-0.2, -0.15) is 5.10 Å². The van der Waals surface area contributed by atoms with Crippen molar-refractivity contribution in [3.63, 3.8) is 0 Å². The van der Waals surface area contributed by atoms with E-state index in [1.54, 1.807) is 18.2 Å². The highest BCUT2D eigenvalue weighted by atomic mass is 79.9. The van der Waals surface area contributed by atoms with E-state index in [2.05, 4.69) is 36.8 Å². The van der Waals surface area contributed by atoms with Gasteiger partial charge in [0.1, 0.15) is 11.5 Å². The van der Waals surface area contributed by atoms with E-state index in [0.29, 0.717) is 12.2 Å². The summed E-state index contributed by atoms with van der Waals surface area (Å²) in [6.45, 7) is 2.24. The predicted molar refractivity (Wildman–Crippen MR) is 98.7 cm³/mol. The van der Waals surface area contributed by atoms with Crippen molar-refractivity contribution in [2.24, 2.45) is 0 Å². The first-order valence-corrected chi connectivity index (χ1v) is 8.42. The molecule has 5 nitrogen and oxygen atoms in total. The average Bonchev–Trinajstić information content (AvgIpc) is 2.94. The number of nitrogens with zero attached hydrogens (tertiary/aromatic N) is 1. The number of carbonyl (C=O) groups is 1. The molecule has 2 amide bonds. The first kappa shape index (κ1) is 17.2. The lowest BCUT2D eigenvalue weighted by molar-refractivity contribution is 0.251. The number of H-pyrrole nitrogens is 1. The molecule has 0 aliphatic rings. The molecule has 7 heteroatoms. The highest BCUT2D eigenvalue weighted by molar-refractivity contribution is 9.10. The van der Waals surface area contributed by atoms with E-state index in [1.807, 2.05) is 25.1 Å². The van der Waals surface area contributed by atoms with E-state index in [9.17, 15) is 9.18 Å². The number of aromatic nitrogens is 2. The summed E-state index contributed by atoms with van der Waals surface area (Å²) in [5.41, 5.74) is 4.08. The van der Waals surface area contributed by atoms with Crippen molar-refractivity contribution in [3.05, 3.63) is 70.1 Å². The standard InChI is InChI=1S/C18H16BrFN4O/c1-11-16(19)17(24-23-11)13-3-2-4-15(9-13)22-18(25)21-10-12-5-7-14(20)8-6-12/h2-9H,10H2,1H3,(H,23,24)(H2,21,22,25). The van der Waals surface area contributed by atoms with Crippen LogP contribution in [0.2, 0.25) is 0 Å². The highest BCUT2D eigenvalue weighted by Crippen LogP contribution is 2.29. The second-order valence-corrected chi connectivity index (χ2v) is 6.32. The molecule has 0 saturated heterocycles. The zero-order chi connectivity index (χ0) is 17.8. The fourth-order valence-corrected chi connectivity index (χ4v) is 2.72. The van der Waals surface area contributed by atoms with E-state index in [0.717, 1.165) is 27.0 Å². The van der Waals surface area contributed by atoms with Gasteiger partial charge in [0.05, 0.1) is 4.47 Å². The van der Waals surface area contributed by atoms with Gasteiger partial charge in [0.15, 0.2) is 0 Å². The Balaban J connectivity index is 1.64. The van der Waals surface area contributed by atoms with E-state index < -0.39 is 0 Å². The van der Waals surface area contributed by atoms with Crippen LogP contribution in [0, 0.1) is 12.7 Å². The van der Waals surface area contributed by atoms with E-state index in [1.165, 1.54) is 12.1 Å². The topological polar surface area (TPSA) is 69.8 Å². The van der Waals surface area contributed by atoms with E-state index in [4.69, 9.17) is 0 Å². The molecule has 1 heterocycles. The van der Waals surface area contributed by atoms with E-state index in [-0.39, 0.29) is 11.8 Å². The number of aryl methyl sites for hydroxylation is 1. The number of halogens is 2. The van der Waals surface area contributed by atoms with Crippen LogP contribution in [0.15, 0.2) is 53.0 Å². The van der Waals surface area contributed by atoms with Crippen molar-refractivity contribution in [3.8, 4) is 11.3 Å². The summed E-state index contributed by atoms with van der Waals surface area (Å²) < 4.78 is 13.8. The van der Waals surface area contributed by atoms with Gasteiger partial charge >= 0.3 is 6.03 Å². The van der Waals surface area contributed by atoms with E-state index >= 15 is 0 Å². The van der Waals surface area contributed by atoms with Crippen LogP contribution in [-0.4, -0.2) is 16.2 Å². The first-order valence-electron chi connectivity index (χ1n) is 7.63. The number of carbonyl (C=O) groups excluding carboxylic acids is 1. The largest absolute Gasteiger partial charge is 0.334 e. The second-order valence-electron chi connectivity index (χ2n) is 5.53. The van der Waals surface area contributed by atoms with Gasteiger partial charge in [0.25, 0.3) is 0 Å². The summed E-state index contributed by atoms with van der Waals surface area (Å²) in [5.74, 6) is -0.301. The van der Waals surface area contributed by atoms with Crippen LogP contribution in [0.3, 0.4) is 0 Å². The summed E-state index contributed by atoms with van der Waals surface area (Å²) in [7, 11) is 0. The lowest BCUT2D eigenvalue weighted by Gasteiger charge is -2.09. The van der Waals surface area contributed by atoms with Crippen LogP contribution in [-0.2, 0) is 6.54 Å². The van der Waals surface area contributed by atoms with Crippen molar-refractivity contribution in [1.29, 1.82) is 0 Å². The normalized spacial score (nSPS) is 10.5. The molecule has 128 valence electrons. The zero-order valence-electron chi connectivity index (χ0n) is 13.4. The summed E-state index contributed by atoms with van der Waals surface area (Å²) in [6.07, 6.45) is 0. The minimum atomic E-state index is -0.334. The van der Waals surface area contributed by atoms with Gasteiger partial charge in [0, 0.05) is 23.5 Å². The molecule has 0 aliphatic carbocycles. The summed E-state index contributed by atoms with van der Waals surface area (Å²) in [4.78, 5) is 12.0. The Morgan fingerprint density at radius 1 is 1.24 bits per heavy atom. The number of rotatable bonds is 4. The maximum atomic E-state index is 12.9. The fourth-order valence-electron chi connectivity index (χ4n) is 2.31. The molecule has 0 unspecified atom stereocenters. The molecule has 3 N–H and O–H groups in total. The molecule has 1 aromatic heterocycles. The molecule has 0 saturated carbocycles. The number of benzene rings is 2. The molecule has 0 aliphatic heterocycles. The van der Waals surface area contributed by atoms with Crippen LogP contribution in [0.4, 0.5) is 14.9 Å². The molecule has 25 heavy (non-hydrogen) atoms. The molecule has 0 fully saturated rings. The molecule has 3 rings (SSSR count). The summed E-state index contributed by atoms with van der Waals surface area (Å²) in [6, 6.07) is 13.1. The highest BCUT2D eigenvalue weighted by Gasteiger charge is 2.10. The minimum Gasteiger partial charge on any atom is -0.334 e. The lowest BCUT2D eigenvalue weighted by atomic mass is 10.1. The molecular weight excluding hydrogens is 387 g/mol. The Morgan fingerprint density at radius 3 is 2.68 bits per heavy atom. The molecule has 0 atom stereocenters. The monoisotopic (exact) mass is 402 g/mol. The SMILES string of the molecule is Cc1[nH]nc(-c2cccc(NC(=O)NCc3ccc(F)cc3)c2)c1Br. The van der Waals surface area contributed by atoms with Gasteiger partial charge in [-0.25, -0.2) is 9.18 Å². The first-order chi connectivity index (χ1) is 12.0. The summed E-state index contributed by atoms with van der Waals surface area (Å²) >= 11 is 3.50. The van der Waals surface area contributed by atoms with Gasteiger partial charge < -0.3 is 10.6 Å². The van der Waals surface area contributed by atoms with Crippen molar-refractivity contribution in [2.75, 3.05) is 5.32 Å². The van der Waals surface area contributed by atoms with Crippen molar-refractivity contribution in [2.45, 2.75) is 13.5 Å². The third-order valence-corrected chi connectivity index (χ3v) is 4.60. The van der Waals surface area contributed by atoms with Crippen LogP contribution < -0.4 is 10.6 Å². The zero-order valence-corrected chi connectivity index (χ0v) is 15.0. The Bertz CT molecular complexity index is 892. The fraction of sp³-hybridized carbons (Fsp3) is 0.111. The average molecular weight is 403 g/mol. The maximum absolute atomic E-state index is 12.9. The minimum absolute atomic E-state index is 0.301. The number of hydrogen-bond donors (Lipinski definition) is 3. The number of aromatic amines is 1. The molecule has 3 aromatic rings. The Kier molecular flexibility index (Phi) is 5.14. The van der Waals surface area contributed by atoms with Gasteiger partial charge in [-0.1, -0.05) is 24.3 Å².